The minimum absolute atomic E-state index is 0.419. The second-order valence-corrected chi connectivity index (χ2v) is 14.6. The molecule has 44 heavy (non-hydrogen) atoms. The fourth-order valence-electron chi connectivity index (χ4n) is 7.02. The molecule has 0 aliphatic carbocycles. The summed E-state index contributed by atoms with van der Waals surface area (Å²) in [6.45, 7) is 11.0. The van der Waals surface area contributed by atoms with Gasteiger partial charge in [0.05, 0.1) is 22.8 Å². The number of H-pyrrole nitrogens is 1. The molecular formula is C32H39N10OP. The third-order valence-corrected chi connectivity index (χ3v) is 10.7. The van der Waals surface area contributed by atoms with Crippen LogP contribution in [0.3, 0.4) is 0 Å². The Morgan fingerprint density at radius 3 is 2.73 bits per heavy atom. The number of nitrogens with zero attached hydrogens (tertiary/aromatic N) is 7. The van der Waals surface area contributed by atoms with E-state index in [1.807, 2.05) is 30.9 Å². The van der Waals surface area contributed by atoms with E-state index < -0.39 is 7.92 Å². The van der Waals surface area contributed by atoms with Crippen molar-refractivity contribution in [2.75, 3.05) is 75.2 Å². The SMILES string of the molecule is CN1CCN([C@H]2CCN3c4ccc(Nc5nc(Nc6ccn7ccnc7c6P(C)C)c6cc[nH]c6n5)cc4OC[C@H]3C2)CC1. The number of imidazole rings is 1. The van der Waals surface area contributed by atoms with E-state index in [9.17, 15) is 0 Å². The van der Waals surface area contributed by atoms with Crippen molar-refractivity contribution in [3.05, 3.63) is 55.1 Å². The lowest BCUT2D eigenvalue weighted by molar-refractivity contribution is 0.0822. The lowest BCUT2D eigenvalue weighted by atomic mass is 9.93. The number of fused-ring (bicyclic) bond motifs is 5. The van der Waals surface area contributed by atoms with Crippen LogP contribution in [0.25, 0.3) is 16.7 Å². The number of rotatable bonds is 6. The third kappa shape index (κ3) is 5.02. The van der Waals surface area contributed by atoms with Gasteiger partial charge in [-0.15, -0.1) is 0 Å². The monoisotopic (exact) mass is 610 g/mol. The lowest BCUT2D eigenvalue weighted by Gasteiger charge is -2.48. The van der Waals surface area contributed by atoms with Crippen molar-refractivity contribution in [1.82, 2.24) is 34.1 Å². The summed E-state index contributed by atoms with van der Waals surface area (Å²) in [5.74, 6) is 2.18. The van der Waals surface area contributed by atoms with Crippen LogP contribution in [0, 0.1) is 0 Å². The molecule has 2 saturated heterocycles. The number of nitrogens with one attached hydrogen (secondary N) is 3. The first kappa shape index (κ1) is 27.6. The number of hydrogen-bond acceptors (Lipinski definition) is 9. The molecule has 2 fully saturated rings. The van der Waals surface area contributed by atoms with E-state index in [1.165, 1.54) is 43.6 Å². The van der Waals surface area contributed by atoms with E-state index in [1.54, 1.807) is 0 Å². The minimum Gasteiger partial charge on any atom is -0.489 e. The summed E-state index contributed by atoms with van der Waals surface area (Å²) in [7, 11) is 1.80. The van der Waals surface area contributed by atoms with Gasteiger partial charge in [0.1, 0.15) is 29.5 Å². The second kappa shape index (κ2) is 11.2. The maximum absolute atomic E-state index is 6.37. The maximum atomic E-state index is 6.37. The van der Waals surface area contributed by atoms with Crippen molar-refractivity contribution in [2.45, 2.75) is 24.9 Å². The van der Waals surface area contributed by atoms with Crippen molar-refractivity contribution >= 4 is 58.7 Å². The van der Waals surface area contributed by atoms with Gasteiger partial charge in [-0.05, 0) is 57.5 Å². The van der Waals surface area contributed by atoms with Crippen LogP contribution in [0.1, 0.15) is 12.8 Å². The van der Waals surface area contributed by atoms with Crippen LogP contribution < -0.4 is 25.6 Å². The predicted octanol–water partition coefficient (Wildman–Crippen LogP) is 4.44. The molecule has 11 nitrogen and oxygen atoms in total. The molecule has 8 rings (SSSR count). The highest BCUT2D eigenvalue weighted by Crippen LogP contribution is 2.40. The van der Waals surface area contributed by atoms with Crippen LogP contribution in [0.15, 0.2) is 55.1 Å². The summed E-state index contributed by atoms with van der Waals surface area (Å²) in [5, 5.41) is 9.20. The molecule has 0 unspecified atom stereocenters. The largest absolute Gasteiger partial charge is 0.489 e. The minimum atomic E-state index is -0.419. The predicted molar refractivity (Wildman–Crippen MR) is 179 cm³/mol. The maximum Gasteiger partial charge on any atom is 0.231 e. The van der Waals surface area contributed by atoms with Crippen molar-refractivity contribution in [3.8, 4) is 5.75 Å². The van der Waals surface area contributed by atoms with E-state index in [-0.39, 0.29) is 0 Å². The second-order valence-electron chi connectivity index (χ2n) is 12.4. The third-order valence-electron chi connectivity index (χ3n) is 9.35. The molecule has 4 aromatic heterocycles. The van der Waals surface area contributed by atoms with Gasteiger partial charge in [-0.1, -0.05) is 7.92 Å². The number of piperidine rings is 1. The van der Waals surface area contributed by atoms with Crippen LogP contribution in [-0.2, 0) is 0 Å². The summed E-state index contributed by atoms with van der Waals surface area (Å²) in [4.78, 5) is 25.3. The Morgan fingerprint density at radius 1 is 0.977 bits per heavy atom. The van der Waals surface area contributed by atoms with E-state index >= 15 is 0 Å². The molecule has 12 heteroatoms. The zero-order chi connectivity index (χ0) is 29.8. The number of ether oxygens (including phenoxy) is 1. The Morgan fingerprint density at radius 2 is 1.86 bits per heavy atom. The van der Waals surface area contributed by atoms with Gasteiger partial charge in [0.25, 0.3) is 0 Å². The van der Waals surface area contributed by atoms with E-state index in [2.05, 4.69) is 84.3 Å². The fraction of sp³-hybridized carbons (Fsp3) is 0.406. The number of hydrogen-bond donors (Lipinski definition) is 3. The van der Waals surface area contributed by atoms with Crippen LogP contribution in [0.2, 0.25) is 0 Å². The molecule has 0 saturated carbocycles. The first-order valence-corrected chi connectivity index (χ1v) is 17.7. The molecule has 0 bridgehead atoms. The number of piperazine rings is 1. The number of aromatic nitrogens is 5. The van der Waals surface area contributed by atoms with Gasteiger partial charge in [-0.3, -0.25) is 4.90 Å². The summed E-state index contributed by atoms with van der Waals surface area (Å²) < 4.78 is 8.44. The number of pyridine rings is 1. The number of aromatic amines is 1. The Labute approximate surface area is 258 Å². The lowest BCUT2D eigenvalue weighted by Crippen LogP contribution is -2.57. The normalized spacial score (nSPS) is 21.0. The van der Waals surface area contributed by atoms with Gasteiger partial charge >= 0.3 is 0 Å². The first-order valence-electron chi connectivity index (χ1n) is 15.5. The molecule has 2 atom stereocenters. The fourth-order valence-corrected chi connectivity index (χ4v) is 8.20. The summed E-state index contributed by atoms with van der Waals surface area (Å²) in [6, 6.07) is 11.6. The zero-order valence-corrected chi connectivity index (χ0v) is 26.4. The Balaban J connectivity index is 1.02. The van der Waals surface area contributed by atoms with E-state index in [0.29, 0.717) is 18.0 Å². The van der Waals surface area contributed by atoms with Crippen molar-refractivity contribution in [2.24, 2.45) is 0 Å². The molecular weight excluding hydrogens is 571 g/mol. The Hall–Kier alpha value is -3.92. The molecule has 5 aromatic rings. The molecule has 0 radical (unpaired) electrons. The van der Waals surface area contributed by atoms with Gasteiger partial charge in [-0.25, -0.2) is 4.98 Å². The van der Waals surface area contributed by atoms with Gasteiger partial charge in [0.15, 0.2) is 0 Å². The van der Waals surface area contributed by atoms with E-state index in [4.69, 9.17) is 14.7 Å². The van der Waals surface area contributed by atoms with Crippen LogP contribution >= 0.6 is 7.92 Å². The van der Waals surface area contributed by atoms with Crippen molar-refractivity contribution in [3.63, 3.8) is 0 Å². The summed E-state index contributed by atoms with van der Waals surface area (Å²) in [5.41, 5.74) is 4.84. The van der Waals surface area contributed by atoms with Crippen LogP contribution in [0.4, 0.5) is 28.8 Å². The standard InChI is InChI=1S/C32H39N10OP/c1-39-14-16-40(17-15-39)22-7-12-42-23(19-22)20-43-27-18-21(4-5-26(27)42)35-32-37-29-24(6-9-33-29)30(38-32)36-25-8-11-41-13-10-34-31(41)28(25)44(2)3/h4-6,8-11,13,18,22-23H,7,12,14-17,19-20H2,1-3H3,(H3,33,35,36,37,38)/t22-,23+/m0/s1. The molecule has 3 N–H and O–H groups in total. The highest BCUT2D eigenvalue weighted by molar-refractivity contribution is 7.65. The molecule has 7 heterocycles. The Kier molecular flexibility index (Phi) is 7.04. The van der Waals surface area contributed by atoms with E-state index in [0.717, 1.165) is 59.2 Å². The van der Waals surface area contributed by atoms with Crippen LogP contribution in [-0.4, -0.2) is 106 Å². The van der Waals surface area contributed by atoms with Gasteiger partial charge in [0, 0.05) is 80.6 Å². The van der Waals surface area contributed by atoms with Gasteiger partial charge in [0.2, 0.25) is 5.95 Å². The highest BCUT2D eigenvalue weighted by Gasteiger charge is 2.36. The summed E-state index contributed by atoms with van der Waals surface area (Å²) in [6.07, 6.45) is 10.1. The molecule has 3 aliphatic rings. The molecule has 228 valence electrons. The molecule has 1 aromatic carbocycles. The topological polar surface area (TPSA) is 102 Å². The quantitative estimate of drug-likeness (QED) is 0.241. The number of benzene rings is 1. The van der Waals surface area contributed by atoms with Crippen molar-refractivity contribution < 1.29 is 4.74 Å². The highest BCUT2D eigenvalue weighted by atomic mass is 31.1. The smallest absolute Gasteiger partial charge is 0.231 e. The molecule has 3 aliphatic heterocycles. The van der Waals surface area contributed by atoms with Gasteiger partial charge < -0.3 is 34.6 Å². The number of likely N-dealkylation sites (N-methyl/N-ethyl adjacent to an activating group) is 1. The average Bonchev–Trinajstić information content (AvgIpc) is 3.71. The van der Waals surface area contributed by atoms with Gasteiger partial charge in [-0.2, -0.15) is 9.97 Å². The first-order chi connectivity index (χ1) is 21.5. The van der Waals surface area contributed by atoms with Crippen LogP contribution in [0.5, 0.6) is 5.75 Å². The molecule has 0 amide bonds. The molecule has 0 spiro atoms. The Bertz CT molecular complexity index is 1810. The number of anilines is 5. The zero-order valence-electron chi connectivity index (χ0n) is 25.5. The average molecular weight is 611 g/mol. The summed E-state index contributed by atoms with van der Waals surface area (Å²) >= 11 is 0. The van der Waals surface area contributed by atoms with Crippen molar-refractivity contribution in [1.29, 1.82) is 0 Å².